The molecule has 1 N–H and O–H groups in total. The van der Waals surface area contributed by atoms with Gasteiger partial charge in [-0.3, -0.25) is 4.79 Å². The van der Waals surface area contributed by atoms with Gasteiger partial charge in [-0.05, 0) is 12.1 Å². The minimum atomic E-state index is -0.349. The van der Waals surface area contributed by atoms with E-state index in [-0.39, 0.29) is 12.5 Å². The summed E-state index contributed by atoms with van der Waals surface area (Å²) in [5.41, 5.74) is 0. The Labute approximate surface area is 82.0 Å². The third-order valence-corrected chi connectivity index (χ3v) is 1.62. The van der Waals surface area contributed by atoms with Gasteiger partial charge < -0.3 is 14.8 Å². The number of ether oxygens (including phenoxy) is 2. The molecule has 14 heavy (non-hydrogen) atoms. The van der Waals surface area contributed by atoms with Crippen LogP contribution in [0.2, 0.25) is 0 Å². The van der Waals surface area contributed by atoms with Crippen LogP contribution < -0.4 is 10.1 Å². The molecule has 5 heteroatoms. The number of pyridine rings is 1. The molecule has 0 saturated carbocycles. The van der Waals surface area contributed by atoms with E-state index in [0.29, 0.717) is 11.6 Å². The number of methoxy groups -OCH3 is 2. The van der Waals surface area contributed by atoms with Crippen LogP contribution in [-0.2, 0) is 9.53 Å². The number of anilines is 1. The average Bonchev–Trinajstić information content (AvgIpc) is 2.26. The van der Waals surface area contributed by atoms with Crippen molar-refractivity contribution >= 4 is 11.8 Å². The highest BCUT2D eigenvalue weighted by Crippen LogP contribution is 2.19. The molecule has 0 fully saturated rings. The van der Waals surface area contributed by atoms with E-state index in [1.165, 1.54) is 7.11 Å². The van der Waals surface area contributed by atoms with E-state index in [1.54, 1.807) is 25.4 Å². The fourth-order valence-electron chi connectivity index (χ4n) is 0.916. The van der Waals surface area contributed by atoms with Gasteiger partial charge in [0.1, 0.15) is 6.54 Å². The van der Waals surface area contributed by atoms with Gasteiger partial charge in [0.25, 0.3) is 0 Å². The largest absolute Gasteiger partial charge is 0.493 e. The summed E-state index contributed by atoms with van der Waals surface area (Å²) in [5, 5.41) is 2.80. The molecule has 0 aliphatic rings. The van der Waals surface area contributed by atoms with Crippen LogP contribution in [0.4, 0.5) is 5.82 Å². The molecule has 1 rings (SSSR count). The SMILES string of the molecule is COC(=O)CNc1ncccc1OC. The quantitative estimate of drug-likeness (QED) is 0.717. The van der Waals surface area contributed by atoms with E-state index in [4.69, 9.17) is 4.74 Å². The van der Waals surface area contributed by atoms with Gasteiger partial charge in [-0.1, -0.05) is 0 Å². The van der Waals surface area contributed by atoms with Crippen molar-refractivity contribution < 1.29 is 14.3 Å². The summed E-state index contributed by atoms with van der Waals surface area (Å²) in [5.74, 6) is 0.773. The highest BCUT2D eigenvalue weighted by Gasteiger charge is 2.04. The molecule has 0 aromatic carbocycles. The third kappa shape index (κ3) is 2.62. The Morgan fingerprint density at radius 2 is 2.36 bits per heavy atom. The number of carbonyl (C=O) groups excluding carboxylic acids is 1. The maximum absolute atomic E-state index is 10.8. The van der Waals surface area contributed by atoms with Crippen molar-refractivity contribution in [1.29, 1.82) is 0 Å². The second-order valence-corrected chi connectivity index (χ2v) is 2.48. The summed E-state index contributed by atoms with van der Waals surface area (Å²) in [6.07, 6.45) is 1.61. The predicted octanol–water partition coefficient (Wildman–Crippen LogP) is 0.675. The highest BCUT2D eigenvalue weighted by atomic mass is 16.5. The number of hydrogen-bond acceptors (Lipinski definition) is 5. The lowest BCUT2D eigenvalue weighted by molar-refractivity contribution is -0.138. The Hall–Kier alpha value is -1.78. The molecular formula is C9H12N2O3. The van der Waals surface area contributed by atoms with E-state index in [0.717, 1.165) is 0 Å². The summed E-state index contributed by atoms with van der Waals surface area (Å²) >= 11 is 0. The van der Waals surface area contributed by atoms with Crippen LogP contribution in [0.5, 0.6) is 5.75 Å². The Morgan fingerprint density at radius 1 is 1.57 bits per heavy atom. The van der Waals surface area contributed by atoms with Crippen LogP contribution in [0.15, 0.2) is 18.3 Å². The average molecular weight is 196 g/mol. The smallest absolute Gasteiger partial charge is 0.325 e. The number of carbonyl (C=O) groups is 1. The molecule has 0 aliphatic heterocycles. The zero-order valence-electron chi connectivity index (χ0n) is 8.11. The Bertz CT molecular complexity index is 315. The maximum atomic E-state index is 10.8. The molecule has 0 unspecified atom stereocenters. The number of nitrogens with one attached hydrogen (secondary N) is 1. The summed E-state index contributed by atoms with van der Waals surface area (Å²) in [6, 6.07) is 3.51. The molecule has 0 spiro atoms. The van der Waals surface area contributed by atoms with E-state index < -0.39 is 0 Å². The zero-order valence-corrected chi connectivity index (χ0v) is 8.11. The monoisotopic (exact) mass is 196 g/mol. The first-order valence-corrected chi connectivity index (χ1v) is 4.07. The van der Waals surface area contributed by atoms with Gasteiger partial charge in [-0.15, -0.1) is 0 Å². The Kier molecular flexibility index (Phi) is 3.72. The molecule has 76 valence electrons. The Balaban J connectivity index is 2.61. The summed E-state index contributed by atoms with van der Waals surface area (Å²) in [7, 11) is 2.88. The standard InChI is InChI=1S/C9H12N2O3/c1-13-7-4-3-5-10-9(7)11-6-8(12)14-2/h3-5H,6H2,1-2H3,(H,10,11). The first-order chi connectivity index (χ1) is 6.77. The molecule has 0 aliphatic carbocycles. The van der Waals surface area contributed by atoms with Crippen LogP contribution in [0.25, 0.3) is 0 Å². The van der Waals surface area contributed by atoms with Crippen LogP contribution in [0.1, 0.15) is 0 Å². The molecule has 1 aromatic heterocycles. The topological polar surface area (TPSA) is 60.5 Å². The molecule has 1 heterocycles. The fraction of sp³-hybridized carbons (Fsp3) is 0.333. The number of rotatable bonds is 4. The van der Waals surface area contributed by atoms with E-state index >= 15 is 0 Å². The van der Waals surface area contributed by atoms with Crippen LogP contribution in [0.3, 0.4) is 0 Å². The van der Waals surface area contributed by atoms with Crippen molar-refractivity contribution in [2.45, 2.75) is 0 Å². The highest BCUT2D eigenvalue weighted by molar-refractivity contribution is 5.75. The number of esters is 1. The lowest BCUT2D eigenvalue weighted by Gasteiger charge is -2.07. The summed E-state index contributed by atoms with van der Waals surface area (Å²) < 4.78 is 9.51. The van der Waals surface area contributed by atoms with E-state index in [2.05, 4.69) is 15.0 Å². The summed E-state index contributed by atoms with van der Waals surface area (Å²) in [6.45, 7) is 0.0733. The molecular weight excluding hydrogens is 184 g/mol. The second-order valence-electron chi connectivity index (χ2n) is 2.48. The van der Waals surface area contributed by atoms with Gasteiger partial charge in [0, 0.05) is 6.20 Å². The second kappa shape index (κ2) is 5.06. The van der Waals surface area contributed by atoms with Crippen molar-refractivity contribution in [1.82, 2.24) is 4.98 Å². The molecule has 0 saturated heterocycles. The van der Waals surface area contributed by atoms with Crippen molar-refractivity contribution in [3.05, 3.63) is 18.3 Å². The van der Waals surface area contributed by atoms with Gasteiger partial charge >= 0.3 is 5.97 Å². The van der Waals surface area contributed by atoms with Gasteiger partial charge in [0.05, 0.1) is 14.2 Å². The maximum Gasteiger partial charge on any atom is 0.325 e. The fourth-order valence-corrected chi connectivity index (χ4v) is 0.916. The first-order valence-electron chi connectivity index (χ1n) is 4.07. The summed E-state index contributed by atoms with van der Waals surface area (Å²) in [4.78, 5) is 14.8. The van der Waals surface area contributed by atoms with Gasteiger partial charge in [-0.2, -0.15) is 0 Å². The minimum absolute atomic E-state index is 0.0733. The zero-order chi connectivity index (χ0) is 10.4. The molecule has 0 amide bonds. The van der Waals surface area contributed by atoms with E-state index in [9.17, 15) is 4.79 Å². The van der Waals surface area contributed by atoms with Crippen LogP contribution in [-0.4, -0.2) is 31.7 Å². The lowest BCUT2D eigenvalue weighted by atomic mass is 10.4. The van der Waals surface area contributed by atoms with Crippen molar-refractivity contribution in [2.24, 2.45) is 0 Å². The third-order valence-electron chi connectivity index (χ3n) is 1.62. The van der Waals surface area contributed by atoms with Gasteiger partial charge in [0.2, 0.25) is 0 Å². The molecule has 0 bridgehead atoms. The lowest BCUT2D eigenvalue weighted by Crippen LogP contribution is -2.16. The first kappa shape index (κ1) is 10.3. The number of hydrogen-bond donors (Lipinski definition) is 1. The molecule has 1 aromatic rings. The van der Waals surface area contributed by atoms with Crippen molar-refractivity contribution in [2.75, 3.05) is 26.1 Å². The molecule has 0 atom stereocenters. The van der Waals surface area contributed by atoms with E-state index in [1.807, 2.05) is 0 Å². The van der Waals surface area contributed by atoms with Crippen molar-refractivity contribution in [3.63, 3.8) is 0 Å². The van der Waals surface area contributed by atoms with Gasteiger partial charge in [0.15, 0.2) is 11.6 Å². The Morgan fingerprint density at radius 3 is 3.00 bits per heavy atom. The normalized spacial score (nSPS) is 9.29. The van der Waals surface area contributed by atoms with Crippen LogP contribution >= 0.6 is 0 Å². The van der Waals surface area contributed by atoms with Crippen molar-refractivity contribution in [3.8, 4) is 5.75 Å². The predicted molar refractivity (Wildman–Crippen MR) is 51.3 cm³/mol. The number of aromatic nitrogens is 1. The van der Waals surface area contributed by atoms with Gasteiger partial charge in [-0.25, -0.2) is 4.98 Å². The minimum Gasteiger partial charge on any atom is -0.493 e. The molecule has 0 radical (unpaired) electrons. The van der Waals surface area contributed by atoms with Crippen LogP contribution in [0, 0.1) is 0 Å². The number of nitrogens with zero attached hydrogens (tertiary/aromatic N) is 1. The molecule has 5 nitrogen and oxygen atoms in total.